The number of hydrogen-bond donors (Lipinski definition) is 2. The first-order chi connectivity index (χ1) is 13.5. The van der Waals surface area contributed by atoms with E-state index in [9.17, 15) is 4.79 Å². The largest absolute Gasteiger partial charge is 0.493 e. The molecule has 2 N–H and O–H groups in total. The van der Waals surface area contributed by atoms with Crippen molar-refractivity contribution in [2.75, 3.05) is 33.3 Å². The van der Waals surface area contributed by atoms with Crippen LogP contribution >= 0.6 is 12.2 Å². The molecule has 2 aromatic carbocycles. The van der Waals surface area contributed by atoms with Crippen LogP contribution in [0.3, 0.4) is 0 Å². The maximum Gasteiger partial charge on any atom is 0.257 e. The molecule has 8 heteroatoms. The van der Waals surface area contributed by atoms with Gasteiger partial charge in [0, 0.05) is 5.56 Å². The van der Waals surface area contributed by atoms with Gasteiger partial charge in [-0.3, -0.25) is 10.1 Å². The Labute approximate surface area is 169 Å². The van der Waals surface area contributed by atoms with Gasteiger partial charge in [0.2, 0.25) is 5.75 Å². The molecule has 0 saturated heterocycles. The number of benzene rings is 2. The summed E-state index contributed by atoms with van der Waals surface area (Å²) in [4.78, 5) is 12.6. The number of ether oxygens (including phenoxy) is 4. The highest BCUT2D eigenvalue weighted by Gasteiger charge is 2.18. The maximum absolute atomic E-state index is 12.6. The van der Waals surface area contributed by atoms with E-state index in [-0.39, 0.29) is 5.11 Å². The van der Waals surface area contributed by atoms with Crippen LogP contribution in [0.25, 0.3) is 0 Å². The molecule has 0 atom stereocenters. The first-order valence-electron chi connectivity index (χ1n) is 8.29. The molecule has 0 aliphatic heterocycles. The van der Waals surface area contributed by atoms with Gasteiger partial charge in [0.15, 0.2) is 16.6 Å². The molecule has 0 spiro atoms. The Kier molecular flexibility index (Phi) is 7.65. The molecule has 0 saturated carbocycles. The van der Waals surface area contributed by atoms with Crippen molar-refractivity contribution in [1.82, 2.24) is 5.32 Å². The Morgan fingerprint density at radius 2 is 1.71 bits per heavy atom. The summed E-state index contributed by atoms with van der Waals surface area (Å²) in [6.07, 6.45) is 1.64. The highest BCUT2D eigenvalue weighted by molar-refractivity contribution is 7.80. The second-order valence-corrected chi connectivity index (χ2v) is 5.83. The summed E-state index contributed by atoms with van der Waals surface area (Å²) in [5, 5.41) is 5.69. The van der Waals surface area contributed by atoms with Crippen molar-refractivity contribution in [3.63, 3.8) is 0 Å². The predicted octanol–water partition coefficient (Wildman–Crippen LogP) is 3.40. The van der Waals surface area contributed by atoms with Crippen molar-refractivity contribution in [2.24, 2.45) is 0 Å². The lowest BCUT2D eigenvalue weighted by Crippen LogP contribution is -2.34. The van der Waals surface area contributed by atoms with Gasteiger partial charge in [0.1, 0.15) is 12.4 Å². The molecule has 0 heterocycles. The SMILES string of the molecule is C=CCOc1ccccc1NC(=S)NC(=O)c1cc(OC)c(OC)c(OC)c1. The highest BCUT2D eigenvalue weighted by atomic mass is 32.1. The maximum atomic E-state index is 12.6. The number of hydrogen-bond acceptors (Lipinski definition) is 6. The number of para-hydroxylation sites is 2. The van der Waals surface area contributed by atoms with Gasteiger partial charge in [0.25, 0.3) is 5.91 Å². The van der Waals surface area contributed by atoms with Crippen LogP contribution in [-0.2, 0) is 0 Å². The zero-order chi connectivity index (χ0) is 20.5. The molecule has 28 heavy (non-hydrogen) atoms. The topological polar surface area (TPSA) is 78.1 Å². The lowest BCUT2D eigenvalue weighted by Gasteiger charge is -2.15. The molecule has 0 aromatic heterocycles. The number of anilines is 1. The Morgan fingerprint density at radius 3 is 2.29 bits per heavy atom. The van der Waals surface area contributed by atoms with Gasteiger partial charge in [-0.25, -0.2) is 0 Å². The molecule has 2 rings (SSSR count). The Balaban J connectivity index is 2.15. The summed E-state index contributed by atoms with van der Waals surface area (Å²) < 4.78 is 21.4. The first kappa shape index (κ1) is 21.0. The monoisotopic (exact) mass is 402 g/mol. The number of methoxy groups -OCH3 is 3. The first-order valence-corrected chi connectivity index (χ1v) is 8.69. The molecule has 0 aliphatic carbocycles. The quantitative estimate of drug-likeness (QED) is 0.518. The summed E-state index contributed by atoms with van der Waals surface area (Å²) >= 11 is 5.25. The Morgan fingerprint density at radius 1 is 1.07 bits per heavy atom. The standard InChI is InChI=1S/C20H22N2O5S/c1-5-10-27-15-9-7-6-8-14(15)21-20(28)22-19(23)13-11-16(24-2)18(26-4)17(12-13)25-3/h5-9,11-12H,1,10H2,2-4H3,(H2,21,22,23,28). The van der Waals surface area contributed by atoms with Crippen molar-refractivity contribution in [2.45, 2.75) is 0 Å². The third-order valence-electron chi connectivity index (χ3n) is 3.65. The van der Waals surface area contributed by atoms with Gasteiger partial charge in [-0.1, -0.05) is 24.8 Å². The molecule has 0 aliphatic rings. The number of nitrogens with one attached hydrogen (secondary N) is 2. The summed E-state index contributed by atoms with van der Waals surface area (Å²) in [5.41, 5.74) is 0.925. The minimum Gasteiger partial charge on any atom is -0.493 e. The fourth-order valence-corrected chi connectivity index (χ4v) is 2.59. The second kappa shape index (κ2) is 10.2. The zero-order valence-corrected chi connectivity index (χ0v) is 16.7. The fraction of sp³-hybridized carbons (Fsp3) is 0.200. The summed E-state index contributed by atoms with van der Waals surface area (Å²) in [7, 11) is 4.45. The van der Waals surface area contributed by atoms with Crippen molar-refractivity contribution >= 4 is 28.9 Å². The van der Waals surface area contributed by atoms with Crippen molar-refractivity contribution < 1.29 is 23.7 Å². The van der Waals surface area contributed by atoms with Crippen LogP contribution < -0.4 is 29.6 Å². The van der Waals surface area contributed by atoms with E-state index in [4.69, 9.17) is 31.2 Å². The van der Waals surface area contributed by atoms with Crippen molar-refractivity contribution in [3.05, 3.63) is 54.6 Å². The molecule has 0 fully saturated rings. The van der Waals surface area contributed by atoms with Gasteiger partial charge in [-0.2, -0.15) is 0 Å². The normalized spacial score (nSPS) is 9.82. The molecule has 0 radical (unpaired) electrons. The summed E-state index contributed by atoms with van der Waals surface area (Å²) in [6.45, 7) is 3.97. The molecule has 1 amide bonds. The molecular weight excluding hydrogens is 380 g/mol. The van der Waals surface area contributed by atoms with Crippen LogP contribution in [0.5, 0.6) is 23.0 Å². The van der Waals surface area contributed by atoms with Gasteiger partial charge in [-0.15, -0.1) is 0 Å². The van der Waals surface area contributed by atoms with Gasteiger partial charge >= 0.3 is 0 Å². The third-order valence-corrected chi connectivity index (χ3v) is 3.85. The van der Waals surface area contributed by atoms with E-state index in [1.54, 1.807) is 30.3 Å². The van der Waals surface area contributed by atoms with E-state index in [1.165, 1.54) is 21.3 Å². The van der Waals surface area contributed by atoms with Crippen molar-refractivity contribution in [1.29, 1.82) is 0 Å². The van der Waals surface area contributed by atoms with E-state index in [0.29, 0.717) is 40.9 Å². The Hall–Kier alpha value is -3.26. The zero-order valence-electron chi connectivity index (χ0n) is 15.9. The average Bonchev–Trinajstić information content (AvgIpc) is 2.71. The van der Waals surface area contributed by atoms with Crippen LogP contribution in [0, 0.1) is 0 Å². The fourth-order valence-electron chi connectivity index (χ4n) is 2.39. The highest BCUT2D eigenvalue weighted by Crippen LogP contribution is 2.38. The number of carbonyl (C=O) groups excluding carboxylic acids is 1. The third kappa shape index (κ3) is 5.14. The van der Waals surface area contributed by atoms with Crippen molar-refractivity contribution in [3.8, 4) is 23.0 Å². The number of thiocarbonyl (C=S) groups is 1. The lowest BCUT2D eigenvalue weighted by atomic mass is 10.1. The van der Waals surface area contributed by atoms with Gasteiger partial charge in [-0.05, 0) is 36.5 Å². The number of rotatable bonds is 8. The summed E-state index contributed by atoms with van der Waals surface area (Å²) in [6, 6.07) is 10.3. The second-order valence-electron chi connectivity index (χ2n) is 5.42. The minimum absolute atomic E-state index is 0.119. The van der Waals surface area contributed by atoms with Crippen LogP contribution in [-0.4, -0.2) is 39.0 Å². The number of carbonyl (C=O) groups is 1. The van der Waals surface area contributed by atoms with E-state index in [2.05, 4.69) is 17.2 Å². The Bertz CT molecular complexity index is 844. The van der Waals surface area contributed by atoms with Crippen LogP contribution in [0.1, 0.15) is 10.4 Å². The average molecular weight is 402 g/mol. The number of amides is 1. The van der Waals surface area contributed by atoms with E-state index < -0.39 is 5.91 Å². The van der Waals surface area contributed by atoms with E-state index >= 15 is 0 Å². The lowest BCUT2D eigenvalue weighted by molar-refractivity contribution is 0.0977. The smallest absolute Gasteiger partial charge is 0.257 e. The predicted molar refractivity (Wildman–Crippen MR) is 112 cm³/mol. The van der Waals surface area contributed by atoms with Gasteiger partial charge < -0.3 is 24.3 Å². The molecular formula is C20H22N2O5S. The molecule has 2 aromatic rings. The summed E-state index contributed by atoms with van der Waals surface area (Å²) in [5.74, 6) is 1.30. The van der Waals surface area contributed by atoms with Crippen LogP contribution in [0.2, 0.25) is 0 Å². The van der Waals surface area contributed by atoms with E-state index in [1.807, 2.05) is 12.1 Å². The molecule has 148 valence electrons. The van der Waals surface area contributed by atoms with Crippen LogP contribution in [0.15, 0.2) is 49.1 Å². The molecule has 7 nitrogen and oxygen atoms in total. The van der Waals surface area contributed by atoms with E-state index in [0.717, 1.165) is 0 Å². The van der Waals surface area contributed by atoms with Gasteiger partial charge in [0.05, 0.1) is 27.0 Å². The molecule has 0 bridgehead atoms. The minimum atomic E-state index is -0.429. The molecule has 0 unspecified atom stereocenters. The van der Waals surface area contributed by atoms with Crippen LogP contribution in [0.4, 0.5) is 5.69 Å².